The van der Waals surface area contributed by atoms with Gasteiger partial charge in [0.15, 0.2) is 5.78 Å². The Bertz CT molecular complexity index is 542. The summed E-state index contributed by atoms with van der Waals surface area (Å²) >= 11 is 2.24. The summed E-state index contributed by atoms with van der Waals surface area (Å²) in [5.74, 6) is 0.162. The van der Waals surface area contributed by atoms with Crippen molar-refractivity contribution in [2.75, 3.05) is 13.6 Å². The topological polar surface area (TPSA) is 20.3 Å². The Balaban J connectivity index is 0.00000200. The van der Waals surface area contributed by atoms with Gasteiger partial charge in [-0.1, -0.05) is 42.5 Å². The van der Waals surface area contributed by atoms with Gasteiger partial charge in [0, 0.05) is 15.7 Å². The molecule has 0 saturated heterocycles. The lowest BCUT2D eigenvalue weighted by molar-refractivity contribution is 0.0943. The Hall–Kier alpha value is -0.910. The van der Waals surface area contributed by atoms with Crippen LogP contribution < -0.4 is 0 Å². The molecule has 2 aromatic rings. The van der Waals surface area contributed by atoms with Crippen LogP contribution in [0.2, 0.25) is 0 Å². The number of likely N-dealkylation sites (N-methyl/N-ethyl adjacent to an activating group) is 1. The normalized spacial score (nSPS) is 10.2. The smallest absolute Gasteiger partial charge is 0.176 e. The number of carbonyl (C=O) groups is 1. The van der Waals surface area contributed by atoms with Gasteiger partial charge in [-0.05, 0) is 47.3 Å². The number of benzene rings is 2. The first-order valence-corrected chi connectivity index (χ1v) is 7.24. The Morgan fingerprint density at radius 1 is 1.05 bits per heavy atom. The van der Waals surface area contributed by atoms with Crippen molar-refractivity contribution in [1.82, 2.24) is 4.90 Å². The Morgan fingerprint density at radius 2 is 1.65 bits per heavy atom. The highest BCUT2D eigenvalue weighted by Crippen LogP contribution is 2.09. The van der Waals surface area contributed by atoms with Crippen LogP contribution >= 0.6 is 35.0 Å². The first kappa shape index (κ1) is 17.1. The number of ketones is 1. The summed E-state index contributed by atoms with van der Waals surface area (Å²) in [6.45, 7) is 1.23. The fourth-order valence-corrected chi connectivity index (χ4v) is 2.28. The number of rotatable bonds is 5. The van der Waals surface area contributed by atoms with E-state index in [-0.39, 0.29) is 18.2 Å². The van der Waals surface area contributed by atoms with Gasteiger partial charge in [-0.25, -0.2) is 0 Å². The van der Waals surface area contributed by atoms with Crippen molar-refractivity contribution in [2.24, 2.45) is 0 Å². The van der Waals surface area contributed by atoms with E-state index in [4.69, 9.17) is 0 Å². The third-order valence-corrected chi connectivity index (χ3v) is 3.59. The standard InChI is InChI=1S/C16H16INO.ClH/c1-18(11-13-5-3-2-4-6-13)12-16(19)14-7-9-15(17)10-8-14;/h2-10H,11-12H2,1H3;1H. The van der Waals surface area contributed by atoms with Gasteiger partial charge < -0.3 is 0 Å². The van der Waals surface area contributed by atoms with Crippen molar-refractivity contribution < 1.29 is 4.79 Å². The molecule has 0 aliphatic carbocycles. The van der Waals surface area contributed by atoms with Gasteiger partial charge in [0.1, 0.15) is 0 Å². The number of nitrogens with zero attached hydrogens (tertiary/aromatic N) is 1. The van der Waals surface area contributed by atoms with Crippen LogP contribution in [-0.4, -0.2) is 24.3 Å². The van der Waals surface area contributed by atoms with E-state index in [0.717, 1.165) is 15.7 Å². The van der Waals surface area contributed by atoms with Crippen molar-refractivity contribution in [3.05, 3.63) is 69.3 Å². The number of hydrogen-bond acceptors (Lipinski definition) is 2. The number of halogens is 2. The van der Waals surface area contributed by atoms with Crippen LogP contribution in [0.4, 0.5) is 0 Å². The summed E-state index contributed by atoms with van der Waals surface area (Å²) in [7, 11) is 1.97. The van der Waals surface area contributed by atoms with Gasteiger partial charge in [-0.15, -0.1) is 12.4 Å². The molecule has 0 saturated carbocycles. The average Bonchev–Trinajstić information content (AvgIpc) is 2.40. The van der Waals surface area contributed by atoms with Crippen LogP contribution in [0, 0.1) is 3.57 Å². The van der Waals surface area contributed by atoms with Crippen LogP contribution in [0.25, 0.3) is 0 Å². The zero-order valence-electron chi connectivity index (χ0n) is 11.3. The van der Waals surface area contributed by atoms with Crippen LogP contribution in [0.3, 0.4) is 0 Å². The van der Waals surface area contributed by atoms with Gasteiger partial charge >= 0.3 is 0 Å². The first-order chi connectivity index (χ1) is 9.15. The number of Topliss-reactive ketones (excluding diaryl/α,β-unsaturated/α-hetero) is 1. The molecule has 0 aliphatic rings. The summed E-state index contributed by atoms with van der Waals surface area (Å²) in [6.07, 6.45) is 0. The molecule has 0 atom stereocenters. The lowest BCUT2D eigenvalue weighted by atomic mass is 10.1. The molecule has 0 heterocycles. The molecule has 0 amide bonds. The maximum absolute atomic E-state index is 12.1. The number of carbonyl (C=O) groups excluding carboxylic acids is 1. The van der Waals surface area contributed by atoms with Crippen LogP contribution in [0.1, 0.15) is 15.9 Å². The molecule has 0 radical (unpaired) electrons. The molecule has 0 N–H and O–H groups in total. The van der Waals surface area contributed by atoms with E-state index < -0.39 is 0 Å². The predicted molar refractivity (Wildman–Crippen MR) is 93.5 cm³/mol. The molecule has 106 valence electrons. The van der Waals surface area contributed by atoms with Gasteiger partial charge in [0.2, 0.25) is 0 Å². The molecule has 2 rings (SSSR count). The highest BCUT2D eigenvalue weighted by atomic mass is 127. The van der Waals surface area contributed by atoms with Crippen LogP contribution in [0.15, 0.2) is 54.6 Å². The van der Waals surface area contributed by atoms with Crippen molar-refractivity contribution in [3.8, 4) is 0 Å². The van der Waals surface area contributed by atoms with E-state index in [9.17, 15) is 4.79 Å². The van der Waals surface area contributed by atoms with E-state index in [1.165, 1.54) is 5.56 Å². The van der Waals surface area contributed by atoms with Gasteiger partial charge in [0.25, 0.3) is 0 Å². The van der Waals surface area contributed by atoms with Crippen molar-refractivity contribution in [2.45, 2.75) is 6.54 Å². The second kappa shape index (κ2) is 8.39. The molecule has 2 aromatic carbocycles. The van der Waals surface area contributed by atoms with Crippen molar-refractivity contribution in [3.63, 3.8) is 0 Å². The zero-order chi connectivity index (χ0) is 13.7. The molecule has 0 unspecified atom stereocenters. The molecule has 20 heavy (non-hydrogen) atoms. The minimum atomic E-state index is 0. The van der Waals surface area contributed by atoms with Crippen molar-refractivity contribution >= 4 is 40.8 Å². The minimum Gasteiger partial charge on any atom is -0.295 e. The van der Waals surface area contributed by atoms with Gasteiger partial charge in [0.05, 0.1) is 6.54 Å². The Morgan fingerprint density at radius 3 is 2.25 bits per heavy atom. The largest absolute Gasteiger partial charge is 0.295 e. The second-order valence-electron chi connectivity index (χ2n) is 4.59. The van der Waals surface area contributed by atoms with Gasteiger partial charge in [-0.2, -0.15) is 0 Å². The molecule has 0 aromatic heterocycles. The fourth-order valence-electron chi connectivity index (χ4n) is 1.92. The SMILES string of the molecule is CN(CC(=O)c1ccc(I)cc1)Cc1ccccc1.Cl. The Labute approximate surface area is 139 Å². The maximum Gasteiger partial charge on any atom is 0.176 e. The van der Waals surface area contributed by atoms with Gasteiger partial charge in [-0.3, -0.25) is 9.69 Å². The fraction of sp³-hybridized carbons (Fsp3) is 0.188. The predicted octanol–water partition coefficient (Wildman–Crippen LogP) is 4.03. The number of hydrogen-bond donors (Lipinski definition) is 0. The quantitative estimate of drug-likeness (QED) is 0.557. The molecule has 0 fully saturated rings. The molecule has 0 aliphatic heterocycles. The lowest BCUT2D eigenvalue weighted by Gasteiger charge is -2.15. The summed E-state index contributed by atoms with van der Waals surface area (Å²) in [4.78, 5) is 14.1. The highest BCUT2D eigenvalue weighted by Gasteiger charge is 2.09. The summed E-state index contributed by atoms with van der Waals surface area (Å²) in [6, 6.07) is 17.9. The molecule has 0 bridgehead atoms. The van der Waals surface area contributed by atoms with E-state index in [0.29, 0.717) is 6.54 Å². The third kappa shape index (κ3) is 5.23. The van der Waals surface area contributed by atoms with Crippen LogP contribution in [0.5, 0.6) is 0 Å². The average molecular weight is 402 g/mol. The lowest BCUT2D eigenvalue weighted by Crippen LogP contribution is -2.25. The molecule has 4 heteroatoms. The molecule has 2 nitrogen and oxygen atoms in total. The monoisotopic (exact) mass is 401 g/mol. The third-order valence-electron chi connectivity index (χ3n) is 2.88. The van der Waals surface area contributed by atoms with E-state index in [1.807, 2.05) is 54.4 Å². The van der Waals surface area contributed by atoms with E-state index in [2.05, 4.69) is 34.7 Å². The highest BCUT2D eigenvalue weighted by molar-refractivity contribution is 14.1. The molecular formula is C16H17ClINO. The summed E-state index contributed by atoms with van der Waals surface area (Å²) < 4.78 is 1.15. The zero-order valence-corrected chi connectivity index (χ0v) is 14.2. The summed E-state index contributed by atoms with van der Waals surface area (Å²) in [5, 5.41) is 0. The van der Waals surface area contributed by atoms with E-state index >= 15 is 0 Å². The molecular weight excluding hydrogens is 385 g/mol. The van der Waals surface area contributed by atoms with E-state index in [1.54, 1.807) is 0 Å². The second-order valence-corrected chi connectivity index (χ2v) is 5.83. The summed E-state index contributed by atoms with van der Waals surface area (Å²) in [5.41, 5.74) is 2.00. The first-order valence-electron chi connectivity index (χ1n) is 6.16. The van der Waals surface area contributed by atoms with Crippen LogP contribution in [-0.2, 0) is 6.54 Å². The minimum absolute atomic E-state index is 0. The Kier molecular flexibility index (Phi) is 7.19. The maximum atomic E-state index is 12.1. The molecule has 0 spiro atoms. The van der Waals surface area contributed by atoms with Crippen molar-refractivity contribution in [1.29, 1.82) is 0 Å².